The normalized spacial score (nSPS) is 11.4. The van der Waals surface area contributed by atoms with Crippen molar-refractivity contribution in [2.45, 2.75) is 45.7 Å². The molecule has 0 fully saturated rings. The van der Waals surface area contributed by atoms with E-state index in [9.17, 15) is 9.59 Å². The van der Waals surface area contributed by atoms with E-state index in [4.69, 9.17) is 14.2 Å². The number of likely N-dealkylation sites (N-methyl/N-ethyl adjacent to an activating group) is 1. The summed E-state index contributed by atoms with van der Waals surface area (Å²) in [7, 11) is 4.78. The van der Waals surface area contributed by atoms with Gasteiger partial charge in [0.05, 0.1) is 21.3 Å². The van der Waals surface area contributed by atoms with Crippen LogP contribution >= 0.6 is 0 Å². The lowest BCUT2D eigenvalue weighted by molar-refractivity contribution is -0.141. The van der Waals surface area contributed by atoms with Gasteiger partial charge in [-0.15, -0.1) is 0 Å². The molecule has 0 aliphatic heterocycles. The van der Waals surface area contributed by atoms with E-state index in [-0.39, 0.29) is 18.2 Å². The number of amides is 2. The van der Waals surface area contributed by atoms with Crippen molar-refractivity contribution in [3.63, 3.8) is 0 Å². The molecule has 1 N–H and O–H groups in total. The van der Waals surface area contributed by atoms with Gasteiger partial charge in [0, 0.05) is 19.5 Å². The number of nitrogens with one attached hydrogen (secondary N) is 1. The summed E-state index contributed by atoms with van der Waals surface area (Å²) in [5, 5.41) is 2.85. The Bertz CT molecular complexity index is 900. The van der Waals surface area contributed by atoms with E-state index in [0.29, 0.717) is 43.2 Å². The lowest BCUT2D eigenvalue weighted by atomic mass is 10.1. The smallest absolute Gasteiger partial charge is 0.242 e. The van der Waals surface area contributed by atoms with Crippen molar-refractivity contribution in [1.29, 1.82) is 0 Å². The summed E-state index contributed by atoms with van der Waals surface area (Å²) in [4.78, 5) is 27.7. The first-order chi connectivity index (χ1) is 15.5. The molecular weight excluding hydrogens is 408 g/mol. The predicted molar refractivity (Wildman–Crippen MR) is 124 cm³/mol. The van der Waals surface area contributed by atoms with Crippen molar-refractivity contribution in [2.24, 2.45) is 0 Å². The average molecular weight is 443 g/mol. The first kappa shape index (κ1) is 25.0. The topological polar surface area (TPSA) is 77.1 Å². The van der Waals surface area contributed by atoms with E-state index in [2.05, 4.69) is 5.32 Å². The minimum atomic E-state index is -0.543. The Morgan fingerprint density at radius 3 is 2.31 bits per heavy atom. The maximum atomic E-state index is 13.3. The molecule has 0 aliphatic carbocycles. The SMILES string of the molecule is CCNC(=O)[C@H](CC)N(Cc1cccc(OC)c1)C(=O)CCc1ccc(OC)c(OC)c1. The van der Waals surface area contributed by atoms with E-state index in [1.807, 2.05) is 56.3 Å². The molecule has 1 atom stereocenters. The van der Waals surface area contributed by atoms with Gasteiger partial charge in [-0.2, -0.15) is 0 Å². The minimum absolute atomic E-state index is 0.0827. The zero-order valence-electron chi connectivity index (χ0n) is 19.6. The Morgan fingerprint density at radius 2 is 1.69 bits per heavy atom. The number of carbonyl (C=O) groups excluding carboxylic acids is 2. The molecule has 2 aromatic carbocycles. The molecule has 32 heavy (non-hydrogen) atoms. The molecule has 0 aliphatic rings. The second-order valence-corrected chi connectivity index (χ2v) is 7.38. The fourth-order valence-electron chi connectivity index (χ4n) is 3.61. The monoisotopic (exact) mass is 442 g/mol. The summed E-state index contributed by atoms with van der Waals surface area (Å²) < 4.78 is 16.0. The summed E-state index contributed by atoms with van der Waals surface area (Å²) in [6.07, 6.45) is 1.33. The first-order valence-electron chi connectivity index (χ1n) is 10.9. The first-order valence-corrected chi connectivity index (χ1v) is 10.9. The molecule has 0 bridgehead atoms. The van der Waals surface area contributed by atoms with Gasteiger partial charge in [0.2, 0.25) is 11.8 Å². The maximum Gasteiger partial charge on any atom is 0.242 e. The molecule has 0 unspecified atom stereocenters. The fraction of sp³-hybridized carbons (Fsp3) is 0.440. The summed E-state index contributed by atoms with van der Waals surface area (Å²) >= 11 is 0. The van der Waals surface area contributed by atoms with Crippen LogP contribution in [0.15, 0.2) is 42.5 Å². The van der Waals surface area contributed by atoms with Crippen molar-refractivity contribution in [2.75, 3.05) is 27.9 Å². The van der Waals surface area contributed by atoms with E-state index in [1.165, 1.54) is 0 Å². The molecule has 2 amide bonds. The Balaban J connectivity index is 2.23. The summed E-state index contributed by atoms with van der Waals surface area (Å²) in [6.45, 7) is 4.63. The van der Waals surface area contributed by atoms with Crippen molar-refractivity contribution in [3.8, 4) is 17.2 Å². The van der Waals surface area contributed by atoms with E-state index >= 15 is 0 Å². The van der Waals surface area contributed by atoms with Crippen molar-refractivity contribution in [1.82, 2.24) is 10.2 Å². The van der Waals surface area contributed by atoms with Crippen LogP contribution in [0.1, 0.15) is 37.8 Å². The molecule has 2 aromatic rings. The quantitative estimate of drug-likeness (QED) is 0.544. The average Bonchev–Trinajstić information content (AvgIpc) is 2.82. The molecule has 0 spiro atoms. The van der Waals surface area contributed by atoms with E-state index in [0.717, 1.165) is 11.1 Å². The number of methoxy groups -OCH3 is 3. The highest BCUT2D eigenvalue weighted by atomic mass is 16.5. The van der Waals surface area contributed by atoms with Gasteiger partial charge >= 0.3 is 0 Å². The van der Waals surface area contributed by atoms with Crippen molar-refractivity contribution >= 4 is 11.8 Å². The minimum Gasteiger partial charge on any atom is -0.497 e. The van der Waals surface area contributed by atoms with Crippen LogP contribution in [0, 0.1) is 0 Å². The fourth-order valence-corrected chi connectivity index (χ4v) is 3.61. The third-order valence-electron chi connectivity index (χ3n) is 5.30. The van der Waals surface area contributed by atoms with Gasteiger partial charge in [0.1, 0.15) is 11.8 Å². The van der Waals surface area contributed by atoms with E-state index in [1.54, 1.807) is 26.2 Å². The molecule has 7 heteroatoms. The highest BCUT2D eigenvalue weighted by Gasteiger charge is 2.28. The molecule has 0 saturated carbocycles. The second-order valence-electron chi connectivity index (χ2n) is 7.38. The number of hydrogen-bond donors (Lipinski definition) is 1. The van der Waals surface area contributed by atoms with Gasteiger partial charge in [0.25, 0.3) is 0 Å². The molecule has 2 rings (SSSR count). The van der Waals surface area contributed by atoms with Crippen LogP contribution in [-0.4, -0.2) is 50.6 Å². The molecule has 0 radical (unpaired) electrons. The van der Waals surface area contributed by atoms with Crippen LogP contribution in [0.2, 0.25) is 0 Å². The number of carbonyl (C=O) groups is 2. The molecule has 0 saturated heterocycles. The highest BCUT2D eigenvalue weighted by molar-refractivity contribution is 5.87. The molecule has 174 valence electrons. The summed E-state index contributed by atoms with van der Waals surface area (Å²) in [5.74, 6) is 1.76. The third-order valence-corrected chi connectivity index (χ3v) is 5.30. The molecule has 7 nitrogen and oxygen atoms in total. The number of hydrogen-bond acceptors (Lipinski definition) is 5. The highest BCUT2D eigenvalue weighted by Crippen LogP contribution is 2.28. The standard InChI is InChI=1S/C25H34N2O5/c1-6-21(25(29)26-7-2)27(17-19-9-8-10-20(15-19)30-3)24(28)14-12-18-11-13-22(31-4)23(16-18)32-5/h8-11,13,15-16,21H,6-7,12,14,17H2,1-5H3,(H,26,29)/t21-/m0/s1. The number of nitrogens with zero attached hydrogens (tertiary/aromatic N) is 1. The lowest BCUT2D eigenvalue weighted by Crippen LogP contribution is -2.49. The summed E-state index contributed by atoms with van der Waals surface area (Å²) in [5.41, 5.74) is 1.87. The van der Waals surface area contributed by atoms with Crippen molar-refractivity contribution < 1.29 is 23.8 Å². The van der Waals surface area contributed by atoms with Crippen molar-refractivity contribution in [3.05, 3.63) is 53.6 Å². The number of ether oxygens (including phenoxy) is 3. The van der Waals surface area contributed by atoms with Gasteiger partial charge in [-0.1, -0.05) is 25.1 Å². The lowest BCUT2D eigenvalue weighted by Gasteiger charge is -2.30. The largest absolute Gasteiger partial charge is 0.497 e. The van der Waals surface area contributed by atoms with Crippen LogP contribution in [0.25, 0.3) is 0 Å². The van der Waals surface area contributed by atoms with Crippen LogP contribution in [-0.2, 0) is 22.6 Å². The zero-order valence-corrected chi connectivity index (χ0v) is 19.6. The summed E-state index contributed by atoms with van der Waals surface area (Å²) in [6, 6.07) is 12.6. The number of benzene rings is 2. The van der Waals surface area contributed by atoms with Crippen LogP contribution in [0.5, 0.6) is 17.2 Å². The predicted octanol–water partition coefficient (Wildman–Crippen LogP) is 3.59. The molecular formula is C25H34N2O5. The molecule has 0 aromatic heterocycles. The maximum absolute atomic E-state index is 13.3. The molecule has 0 heterocycles. The van der Waals surface area contributed by atoms with Gasteiger partial charge in [0.15, 0.2) is 11.5 Å². The van der Waals surface area contributed by atoms with Gasteiger partial charge < -0.3 is 24.4 Å². The Morgan fingerprint density at radius 1 is 0.938 bits per heavy atom. The van der Waals surface area contributed by atoms with Crippen LogP contribution in [0.3, 0.4) is 0 Å². The van der Waals surface area contributed by atoms with Gasteiger partial charge in [-0.25, -0.2) is 0 Å². The number of aryl methyl sites for hydroxylation is 1. The van der Waals surface area contributed by atoms with Crippen LogP contribution in [0.4, 0.5) is 0 Å². The Hall–Kier alpha value is -3.22. The van der Waals surface area contributed by atoms with E-state index < -0.39 is 6.04 Å². The second kappa shape index (κ2) is 12.6. The number of rotatable bonds is 12. The Kier molecular flexibility index (Phi) is 9.85. The van der Waals surface area contributed by atoms with Gasteiger partial charge in [-0.3, -0.25) is 9.59 Å². The Labute approximate surface area is 190 Å². The zero-order chi connectivity index (χ0) is 23.5. The third kappa shape index (κ3) is 6.64. The van der Waals surface area contributed by atoms with Crippen LogP contribution < -0.4 is 19.5 Å². The van der Waals surface area contributed by atoms with Gasteiger partial charge in [-0.05, 0) is 55.2 Å².